The number of carbonyl (C=O) groups excluding carboxylic acids is 1. The number of hydrogen-bond donors (Lipinski definition) is 3. The number of ether oxygens (including phenoxy) is 1. The largest absolute Gasteiger partial charge is 0.401 e. The number of amides is 1. The van der Waals surface area contributed by atoms with Gasteiger partial charge in [-0.2, -0.15) is 0 Å². The Balaban J connectivity index is 0.000000226. The van der Waals surface area contributed by atoms with E-state index < -0.39 is 0 Å². The molecule has 42 heavy (non-hydrogen) atoms. The maximum Gasteiger partial charge on any atom is 0.219 e. The van der Waals surface area contributed by atoms with Crippen LogP contribution in [0.1, 0.15) is 37.8 Å². The number of aromatic nitrogens is 2. The molecule has 0 aliphatic carbocycles. The number of carbonyl (C=O) groups is 1. The van der Waals surface area contributed by atoms with Crippen LogP contribution in [-0.2, 0) is 16.0 Å². The zero-order valence-electron chi connectivity index (χ0n) is 25.0. The summed E-state index contributed by atoms with van der Waals surface area (Å²) in [5.74, 6) is 6.93. The average molecular weight is 570 g/mol. The third kappa shape index (κ3) is 6.86. The molecule has 9 nitrogen and oxygen atoms in total. The van der Waals surface area contributed by atoms with Crippen molar-refractivity contribution in [2.24, 2.45) is 17.5 Å². The van der Waals surface area contributed by atoms with E-state index in [9.17, 15) is 4.79 Å². The monoisotopic (exact) mass is 569 g/mol. The number of nitrogens with zero attached hydrogens (tertiary/aromatic N) is 4. The fourth-order valence-corrected chi connectivity index (χ4v) is 5.97. The van der Waals surface area contributed by atoms with Crippen LogP contribution < -0.4 is 16.5 Å². The molecule has 2 aromatic carbocycles. The number of aromatic amines is 1. The third-order valence-corrected chi connectivity index (χ3v) is 8.21. The summed E-state index contributed by atoms with van der Waals surface area (Å²) in [7, 11) is 1.76. The van der Waals surface area contributed by atoms with Crippen molar-refractivity contribution in [1.82, 2.24) is 19.9 Å². The minimum absolute atomic E-state index is 0.140. The first-order chi connectivity index (χ1) is 20.3. The minimum atomic E-state index is 0.140. The third-order valence-electron chi connectivity index (χ3n) is 8.21. The Morgan fingerprint density at radius 2 is 1.74 bits per heavy atom. The van der Waals surface area contributed by atoms with E-state index in [1.54, 1.807) is 14.0 Å². The van der Waals surface area contributed by atoms with E-state index >= 15 is 0 Å². The van der Waals surface area contributed by atoms with Gasteiger partial charge in [0.15, 0.2) is 0 Å². The second-order valence-corrected chi connectivity index (χ2v) is 11.4. The number of H-pyrrole nitrogens is 1. The molecule has 1 amide bonds. The molecule has 4 heterocycles. The van der Waals surface area contributed by atoms with E-state index in [1.807, 2.05) is 24.1 Å². The van der Waals surface area contributed by atoms with Crippen LogP contribution in [0.5, 0.6) is 0 Å². The SMILES string of the molecule is CC(=O)N1CCN(c2ccc3[nH]c4cc(/C(=C(\C)N)N(C)N)cnc4c3c2)CC1.c1ccc(CC2CCOCC2)cc1. The van der Waals surface area contributed by atoms with Crippen LogP contribution >= 0.6 is 0 Å². The van der Waals surface area contributed by atoms with Gasteiger partial charge in [0.2, 0.25) is 5.91 Å². The van der Waals surface area contributed by atoms with Gasteiger partial charge in [0.05, 0.1) is 16.7 Å². The predicted molar refractivity (Wildman–Crippen MR) is 170 cm³/mol. The Kier molecular flexibility index (Phi) is 9.29. The van der Waals surface area contributed by atoms with Gasteiger partial charge in [-0.25, -0.2) is 5.84 Å². The molecule has 0 saturated carbocycles. The van der Waals surface area contributed by atoms with E-state index in [4.69, 9.17) is 21.3 Å². The summed E-state index contributed by atoms with van der Waals surface area (Å²) >= 11 is 0. The van der Waals surface area contributed by atoms with Crippen LogP contribution in [0.4, 0.5) is 5.69 Å². The summed E-state index contributed by atoms with van der Waals surface area (Å²) in [6.07, 6.45) is 5.50. The lowest BCUT2D eigenvalue weighted by atomic mass is 9.92. The van der Waals surface area contributed by atoms with Crippen LogP contribution in [0.15, 0.2) is 66.5 Å². The molecule has 2 fully saturated rings. The van der Waals surface area contributed by atoms with Crippen molar-refractivity contribution < 1.29 is 9.53 Å². The van der Waals surface area contributed by atoms with Gasteiger partial charge in [-0.05, 0) is 61.9 Å². The summed E-state index contributed by atoms with van der Waals surface area (Å²) in [6.45, 7) is 8.53. The van der Waals surface area contributed by atoms with E-state index in [0.717, 1.165) is 84.2 Å². The molecule has 2 aromatic heterocycles. The summed E-state index contributed by atoms with van der Waals surface area (Å²) in [5.41, 5.74) is 13.8. The minimum Gasteiger partial charge on any atom is -0.401 e. The van der Waals surface area contributed by atoms with Crippen LogP contribution in [0.25, 0.3) is 27.6 Å². The number of nitrogens with one attached hydrogen (secondary N) is 1. The number of allylic oxidation sites excluding steroid dienone is 1. The Labute approximate surface area is 248 Å². The zero-order valence-corrected chi connectivity index (χ0v) is 25.0. The molecule has 0 atom stereocenters. The van der Waals surface area contributed by atoms with E-state index in [0.29, 0.717) is 5.70 Å². The van der Waals surface area contributed by atoms with Crippen molar-refractivity contribution in [1.29, 1.82) is 0 Å². The van der Waals surface area contributed by atoms with E-state index in [2.05, 4.69) is 58.4 Å². The lowest BCUT2D eigenvalue weighted by Gasteiger charge is -2.35. The number of nitrogens with two attached hydrogens (primary N) is 2. The zero-order chi connectivity index (χ0) is 29.6. The molecule has 2 saturated heterocycles. The highest BCUT2D eigenvalue weighted by molar-refractivity contribution is 6.06. The normalized spacial score (nSPS) is 16.7. The molecule has 2 aliphatic rings. The quantitative estimate of drug-likeness (QED) is 0.239. The maximum atomic E-state index is 11.6. The van der Waals surface area contributed by atoms with Crippen LogP contribution in [0, 0.1) is 5.92 Å². The fourth-order valence-electron chi connectivity index (χ4n) is 5.97. The number of benzene rings is 2. The lowest BCUT2D eigenvalue weighted by Crippen LogP contribution is -2.48. The molecule has 0 bridgehead atoms. The second-order valence-electron chi connectivity index (χ2n) is 11.4. The first-order valence-corrected chi connectivity index (χ1v) is 14.8. The molecule has 0 radical (unpaired) electrons. The van der Waals surface area contributed by atoms with Gasteiger partial charge in [0.1, 0.15) is 0 Å². The highest BCUT2D eigenvalue weighted by atomic mass is 16.5. The van der Waals surface area contributed by atoms with Crippen LogP contribution in [-0.4, -0.2) is 72.2 Å². The molecule has 5 N–H and O–H groups in total. The summed E-state index contributed by atoms with van der Waals surface area (Å²) in [6, 6.07) is 19.2. The molecular formula is C33H43N7O2. The van der Waals surface area contributed by atoms with Crippen molar-refractivity contribution in [2.75, 3.05) is 51.3 Å². The number of hydrogen-bond acceptors (Lipinski definition) is 7. The van der Waals surface area contributed by atoms with Gasteiger partial charge in [-0.1, -0.05) is 30.3 Å². The van der Waals surface area contributed by atoms with Gasteiger partial charge in [0.25, 0.3) is 0 Å². The fraction of sp³-hybridized carbons (Fsp3) is 0.394. The number of rotatable bonds is 5. The molecule has 0 spiro atoms. The molecule has 222 valence electrons. The number of hydrazine groups is 1. The number of pyridine rings is 1. The van der Waals surface area contributed by atoms with Crippen LogP contribution in [0.2, 0.25) is 0 Å². The maximum absolute atomic E-state index is 11.6. The van der Waals surface area contributed by atoms with Crippen molar-refractivity contribution >= 4 is 39.2 Å². The Morgan fingerprint density at radius 1 is 1.02 bits per heavy atom. The first-order valence-electron chi connectivity index (χ1n) is 14.8. The van der Waals surface area contributed by atoms with Crippen LogP contribution in [0.3, 0.4) is 0 Å². The first kappa shape index (κ1) is 29.4. The van der Waals surface area contributed by atoms with Gasteiger partial charge < -0.3 is 30.3 Å². The standard InChI is InChI=1S/C21H27N7O.C12H16O/c1-13(22)21(26(3)23)15-10-19-20(24-12-15)17-11-16(4-5-18(17)25-19)28-8-6-27(7-9-28)14(2)29;1-2-4-11(5-3-1)10-12-6-8-13-9-7-12/h4-5,10-12,25H,6-9,22-23H2,1-3H3;1-5,12H,6-10H2/b21-13-;. The van der Waals surface area contributed by atoms with E-state index in [1.165, 1.54) is 29.8 Å². The molecule has 2 aliphatic heterocycles. The number of anilines is 1. The summed E-state index contributed by atoms with van der Waals surface area (Å²) < 4.78 is 5.34. The van der Waals surface area contributed by atoms with Gasteiger partial charge >= 0.3 is 0 Å². The number of piperazine rings is 1. The topological polar surface area (TPSA) is 117 Å². The highest BCUT2D eigenvalue weighted by Gasteiger charge is 2.20. The van der Waals surface area contributed by atoms with Gasteiger partial charge in [0, 0.05) is 87.4 Å². The molecule has 4 aromatic rings. The Morgan fingerprint density at radius 3 is 2.38 bits per heavy atom. The Hall–Kier alpha value is -4.08. The summed E-state index contributed by atoms with van der Waals surface area (Å²) in [4.78, 5) is 23.9. The average Bonchev–Trinajstić information content (AvgIpc) is 3.35. The highest BCUT2D eigenvalue weighted by Crippen LogP contribution is 2.30. The Bertz CT molecular complexity index is 1530. The van der Waals surface area contributed by atoms with Gasteiger partial charge in [-0.15, -0.1) is 0 Å². The van der Waals surface area contributed by atoms with Crippen molar-refractivity contribution in [3.63, 3.8) is 0 Å². The molecular weight excluding hydrogens is 526 g/mol. The molecule has 6 rings (SSSR count). The lowest BCUT2D eigenvalue weighted by molar-refractivity contribution is -0.129. The van der Waals surface area contributed by atoms with Crippen molar-refractivity contribution in [3.05, 3.63) is 77.6 Å². The molecule has 0 unspecified atom stereocenters. The predicted octanol–water partition coefficient (Wildman–Crippen LogP) is 4.49. The number of fused-ring (bicyclic) bond motifs is 3. The van der Waals surface area contributed by atoms with E-state index in [-0.39, 0.29) is 5.91 Å². The van der Waals surface area contributed by atoms with Crippen molar-refractivity contribution in [3.8, 4) is 0 Å². The smallest absolute Gasteiger partial charge is 0.219 e. The van der Waals surface area contributed by atoms with Gasteiger partial charge in [-0.3, -0.25) is 9.78 Å². The van der Waals surface area contributed by atoms with Crippen molar-refractivity contribution in [2.45, 2.75) is 33.1 Å². The summed E-state index contributed by atoms with van der Waals surface area (Å²) in [5, 5.41) is 2.59. The second kappa shape index (κ2) is 13.3. The molecule has 9 heteroatoms.